The highest BCUT2D eigenvalue weighted by Crippen LogP contribution is 2.31. The Balaban J connectivity index is 1.76. The molecule has 2 nitrogen and oxygen atoms in total. The highest BCUT2D eigenvalue weighted by Gasteiger charge is 2.32. The van der Waals surface area contributed by atoms with Crippen LogP contribution in [0.5, 0.6) is 0 Å². The first-order valence-corrected chi connectivity index (χ1v) is 5.56. The number of nitrogens with zero attached hydrogens (tertiary/aromatic N) is 1. The maximum atomic E-state index is 5.30. The molecule has 11 heavy (non-hydrogen) atoms. The predicted molar refractivity (Wildman–Crippen MR) is 53.2 cm³/mol. The Morgan fingerprint density at radius 1 is 1.18 bits per heavy atom. The van der Waals surface area contributed by atoms with E-state index in [4.69, 9.17) is 4.74 Å². The van der Waals surface area contributed by atoms with Crippen molar-refractivity contribution in [3.05, 3.63) is 0 Å². The maximum Gasteiger partial charge on any atom is 0.0594 e. The van der Waals surface area contributed by atoms with E-state index in [1.807, 2.05) is 0 Å². The molecule has 1 heterocycles. The summed E-state index contributed by atoms with van der Waals surface area (Å²) in [5.74, 6) is 0. The van der Waals surface area contributed by atoms with Crippen LogP contribution in [-0.2, 0) is 4.74 Å². The van der Waals surface area contributed by atoms with Crippen molar-refractivity contribution in [1.29, 1.82) is 0 Å². The molecular formula is C8H14INO. The Morgan fingerprint density at radius 2 is 1.82 bits per heavy atom. The molecule has 3 heteroatoms. The van der Waals surface area contributed by atoms with Gasteiger partial charge in [-0.05, 0) is 12.8 Å². The molecule has 0 bridgehead atoms. The summed E-state index contributed by atoms with van der Waals surface area (Å²) >= 11 is 2.55. The Kier molecular flexibility index (Phi) is 2.69. The van der Waals surface area contributed by atoms with Crippen molar-refractivity contribution in [2.24, 2.45) is 0 Å². The van der Waals surface area contributed by atoms with Gasteiger partial charge in [-0.15, -0.1) is 0 Å². The van der Waals surface area contributed by atoms with Crippen LogP contribution < -0.4 is 0 Å². The van der Waals surface area contributed by atoms with E-state index >= 15 is 0 Å². The van der Waals surface area contributed by atoms with Crippen molar-refractivity contribution in [2.75, 3.05) is 26.3 Å². The number of hydrogen-bond donors (Lipinski definition) is 0. The van der Waals surface area contributed by atoms with E-state index < -0.39 is 0 Å². The van der Waals surface area contributed by atoms with Crippen molar-refractivity contribution in [1.82, 2.24) is 4.90 Å². The third kappa shape index (κ3) is 1.87. The molecule has 1 aliphatic carbocycles. The Bertz CT molecular complexity index is 130. The van der Waals surface area contributed by atoms with E-state index in [0.29, 0.717) is 0 Å². The molecule has 0 amide bonds. The van der Waals surface area contributed by atoms with Crippen LogP contribution in [0.3, 0.4) is 0 Å². The van der Waals surface area contributed by atoms with Gasteiger partial charge in [0.05, 0.1) is 13.2 Å². The maximum absolute atomic E-state index is 5.30. The molecule has 2 rings (SSSR count). The van der Waals surface area contributed by atoms with E-state index in [1.165, 1.54) is 12.8 Å². The smallest absolute Gasteiger partial charge is 0.0594 e. The summed E-state index contributed by atoms with van der Waals surface area (Å²) in [6.07, 6.45) is 2.81. The Hall–Kier alpha value is 0.650. The lowest BCUT2D eigenvalue weighted by molar-refractivity contribution is 0.00109. The van der Waals surface area contributed by atoms with Crippen LogP contribution in [-0.4, -0.2) is 41.2 Å². The molecule has 0 radical (unpaired) electrons. The van der Waals surface area contributed by atoms with Crippen LogP contribution in [0.2, 0.25) is 0 Å². The fraction of sp³-hybridized carbons (Fsp3) is 1.00. The summed E-state index contributed by atoms with van der Waals surface area (Å²) < 4.78 is 6.25. The summed E-state index contributed by atoms with van der Waals surface area (Å²) in [4.78, 5) is 2.58. The molecule has 0 N–H and O–H groups in total. The first kappa shape index (κ1) is 8.26. The van der Waals surface area contributed by atoms with Gasteiger partial charge in [0.15, 0.2) is 0 Å². The Morgan fingerprint density at radius 3 is 2.36 bits per heavy atom. The third-order valence-electron chi connectivity index (χ3n) is 2.62. The first-order valence-electron chi connectivity index (χ1n) is 4.32. The van der Waals surface area contributed by atoms with E-state index in [2.05, 4.69) is 27.5 Å². The average molecular weight is 267 g/mol. The molecule has 0 aromatic heterocycles. The Labute approximate surface area is 81.4 Å². The van der Waals surface area contributed by atoms with Crippen LogP contribution in [0.15, 0.2) is 0 Å². The minimum Gasteiger partial charge on any atom is -0.379 e. The van der Waals surface area contributed by atoms with Crippen molar-refractivity contribution < 1.29 is 4.74 Å². The molecule has 0 spiro atoms. The van der Waals surface area contributed by atoms with Gasteiger partial charge in [0, 0.05) is 23.1 Å². The lowest BCUT2D eigenvalue weighted by Crippen LogP contribution is -2.49. The van der Waals surface area contributed by atoms with E-state index in [0.717, 1.165) is 36.3 Å². The van der Waals surface area contributed by atoms with Crippen LogP contribution in [0.4, 0.5) is 0 Å². The van der Waals surface area contributed by atoms with Gasteiger partial charge in [0.25, 0.3) is 0 Å². The van der Waals surface area contributed by atoms with Gasteiger partial charge < -0.3 is 4.74 Å². The summed E-state index contributed by atoms with van der Waals surface area (Å²) in [7, 11) is 0. The van der Waals surface area contributed by atoms with Gasteiger partial charge in [-0.2, -0.15) is 0 Å². The van der Waals surface area contributed by atoms with Gasteiger partial charge >= 0.3 is 0 Å². The van der Waals surface area contributed by atoms with Crippen LogP contribution >= 0.6 is 22.6 Å². The number of morpholine rings is 1. The predicted octanol–water partition coefficient (Wildman–Crippen LogP) is 1.28. The second kappa shape index (κ2) is 3.58. The molecule has 1 saturated heterocycles. The fourth-order valence-corrected chi connectivity index (χ4v) is 2.94. The second-order valence-corrected chi connectivity index (χ2v) is 5.13. The minimum atomic E-state index is 0.890. The third-order valence-corrected chi connectivity index (χ3v) is 3.63. The van der Waals surface area contributed by atoms with Crippen molar-refractivity contribution in [3.8, 4) is 0 Å². The summed E-state index contributed by atoms with van der Waals surface area (Å²) in [5, 5.41) is 0. The highest BCUT2D eigenvalue weighted by molar-refractivity contribution is 14.1. The highest BCUT2D eigenvalue weighted by atomic mass is 127. The van der Waals surface area contributed by atoms with Crippen LogP contribution in [0.25, 0.3) is 0 Å². The largest absolute Gasteiger partial charge is 0.379 e. The molecule has 1 saturated carbocycles. The van der Waals surface area contributed by atoms with Crippen molar-refractivity contribution >= 4 is 22.6 Å². The van der Waals surface area contributed by atoms with E-state index in [1.54, 1.807) is 0 Å². The van der Waals surface area contributed by atoms with Crippen molar-refractivity contribution in [3.63, 3.8) is 0 Å². The average Bonchev–Trinajstić information content (AvgIpc) is 2.01. The number of hydrogen-bond acceptors (Lipinski definition) is 2. The number of alkyl halides is 1. The quantitative estimate of drug-likeness (QED) is 0.524. The SMILES string of the molecule is IC1CC(N2CCOCC2)C1. The molecule has 1 aliphatic heterocycles. The molecule has 64 valence electrons. The minimum absolute atomic E-state index is 0.890. The number of ether oxygens (including phenoxy) is 1. The molecule has 0 atom stereocenters. The molecule has 0 unspecified atom stereocenters. The molecule has 2 fully saturated rings. The zero-order valence-corrected chi connectivity index (χ0v) is 8.79. The first-order chi connectivity index (χ1) is 5.36. The van der Waals surface area contributed by atoms with E-state index in [9.17, 15) is 0 Å². The lowest BCUT2D eigenvalue weighted by atomic mass is 9.91. The summed E-state index contributed by atoms with van der Waals surface area (Å²) in [6, 6.07) is 0.890. The fourth-order valence-electron chi connectivity index (χ4n) is 1.76. The summed E-state index contributed by atoms with van der Waals surface area (Å²) in [6.45, 7) is 4.22. The normalized spacial score (nSPS) is 40.1. The van der Waals surface area contributed by atoms with E-state index in [-0.39, 0.29) is 0 Å². The zero-order chi connectivity index (χ0) is 7.68. The van der Waals surface area contributed by atoms with Gasteiger partial charge in [-0.1, -0.05) is 22.6 Å². The van der Waals surface area contributed by atoms with Gasteiger partial charge in [-0.3, -0.25) is 4.90 Å². The summed E-state index contributed by atoms with van der Waals surface area (Å²) in [5.41, 5.74) is 0. The molecule has 0 aromatic rings. The van der Waals surface area contributed by atoms with Gasteiger partial charge in [0.1, 0.15) is 0 Å². The number of rotatable bonds is 1. The lowest BCUT2D eigenvalue weighted by Gasteiger charge is -2.42. The monoisotopic (exact) mass is 267 g/mol. The molecule has 0 aromatic carbocycles. The van der Waals surface area contributed by atoms with Crippen molar-refractivity contribution in [2.45, 2.75) is 22.8 Å². The van der Waals surface area contributed by atoms with Gasteiger partial charge in [0.2, 0.25) is 0 Å². The number of halogens is 1. The van der Waals surface area contributed by atoms with Gasteiger partial charge in [-0.25, -0.2) is 0 Å². The standard InChI is InChI=1S/C8H14INO/c9-7-5-8(6-7)10-1-3-11-4-2-10/h7-8H,1-6H2. The topological polar surface area (TPSA) is 12.5 Å². The second-order valence-electron chi connectivity index (χ2n) is 3.37. The molecule has 2 aliphatic rings. The van der Waals surface area contributed by atoms with Crippen LogP contribution in [0.1, 0.15) is 12.8 Å². The van der Waals surface area contributed by atoms with Crippen LogP contribution in [0, 0.1) is 0 Å². The zero-order valence-electron chi connectivity index (χ0n) is 6.63. The molecular weight excluding hydrogens is 253 g/mol.